The van der Waals surface area contributed by atoms with Gasteiger partial charge in [0.25, 0.3) is 0 Å². The van der Waals surface area contributed by atoms with Gasteiger partial charge in [0.2, 0.25) is 0 Å². The lowest BCUT2D eigenvalue weighted by atomic mass is 9.79. The molecule has 5 nitrogen and oxygen atoms in total. The molecule has 1 aromatic carbocycles. The minimum atomic E-state index is 0.543. The molecule has 3 aliphatic rings. The molecular formula is C25H40N4O. The number of rotatable bonds is 6. The van der Waals surface area contributed by atoms with Crippen LogP contribution in [0.5, 0.6) is 0 Å². The largest absolute Gasteiger partial charge is 0.381 e. The van der Waals surface area contributed by atoms with Gasteiger partial charge in [0.1, 0.15) is 0 Å². The second-order valence-corrected chi connectivity index (χ2v) is 9.53. The van der Waals surface area contributed by atoms with Crippen molar-refractivity contribution >= 4 is 5.96 Å². The Labute approximate surface area is 182 Å². The SMILES string of the molecule is CN=C(NCC1CCC(c2ccccc2)CC1)NC1CCN(CC2CCOC2)CC1. The van der Waals surface area contributed by atoms with Crippen molar-refractivity contribution in [2.45, 2.75) is 56.9 Å². The van der Waals surface area contributed by atoms with E-state index >= 15 is 0 Å². The summed E-state index contributed by atoms with van der Waals surface area (Å²) < 4.78 is 5.53. The van der Waals surface area contributed by atoms with E-state index in [1.54, 1.807) is 0 Å². The maximum absolute atomic E-state index is 5.53. The van der Waals surface area contributed by atoms with Crippen molar-refractivity contribution in [1.29, 1.82) is 0 Å². The van der Waals surface area contributed by atoms with Gasteiger partial charge in [-0.1, -0.05) is 30.3 Å². The Kier molecular flexibility index (Phi) is 8.04. The van der Waals surface area contributed by atoms with E-state index in [0.717, 1.165) is 43.5 Å². The van der Waals surface area contributed by atoms with Crippen LogP contribution in [0.15, 0.2) is 35.3 Å². The molecule has 0 radical (unpaired) electrons. The normalized spacial score (nSPS) is 29.1. The molecule has 0 aromatic heterocycles. The quantitative estimate of drug-likeness (QED) is 0.553. The van der Waals surface area contributed by atoms with Crippen LogP contribution in [0, 0.1) is 11.8 Å². The Hall–Kier alpha value is -1.59. The fourth-order valence-electron chi connectivity index (χ4n) is 5.41. The molecule has 1 saturated carbocycles. The Morgan fingerprint density at radius 3 is 2.43 bits per heavy atom. The number of benzene rings is 1. The van der Waals surface area contributed by atoms with Crippen LogP contribution in [-0.4, -0.2) is 63.3 Å². The number of hydrogen-bond donors (Lipinski definition) is 2. The molecule has 30 heavy (non-hydrogen) atoms. The smallest absolute Gasteiger partial charge is 0.191 e. The van der Waals surface area contributed by atoms with Crippen LogP contribution in [0.1, 0.15) is 56.4 Å². The van der Waals surface area contributed by atoms with Crippen LogP contribution >= 0.6 is 0 Å². The Morgan fingerprint density at radius 2 is 1.77 bits per heavy atom. The zero-order valence-corrected chi connectivity index (χ0v) is 18.7. The van der Waals surface area contributed by atoms with Crippen LogP contribution < -0.4 is 10.6 Å². The fourth-order valence-corrected chi connectivity index (χ4v) is 5.41. The third-order valence-corrected chi connectivity index (χ3v) is 7.37. The van der Waals surface area contributed by atoms with Crippen LogP contribution in [0.3, 0.4) is 0 Å². The number of hydrogen-bond acceptors (Lipinski definition) is 3. The van der Waals surface area contributed by atoms with E-state index < -0.39 is 0 Å². The van der Waals surface area contributed by atoms with Crippen molar-refractivity contribution in [3.05, 3.63) is 35.9 Å². The van der Waals surface area contributed by atoms with Gasteiger partial charge in [-0.2, -0.15) is 0 Å². The highest BCUT2D eigenvalue weighted by molar-refractivity contribution is 5.79. The topological polar surface area (TPSA) is 48.9 Å². The van der Waals surface area contributed by atoms with Crippen molar-refractivity contribution in [2.75, 3.05) is 46.4 Å². The van der Waals surface area contributed by atoms with Gasteiger partial charge in [0, 0.05) is 45.9 Å². The first-order valence-corrected chi connectivity index (χ1v) is 12.1. The maximum Gasteiger partial charge on any atom is 0.191 e. The van der Waals surface area contributed by atoms with Gasteiger partial charge in [-0.3, -0.25) is 4.99 Å². The standard InChI is InChI=1S/C25H40N4O/c1-26-25(28-24-11-14-29(15-12-24)18-21-13-16-30-19-21)27-17-20-7-9-23(10-8-20)22-5-3-2-4-6-22/h2-6,20-21,23-24H,7-19H2,1H3,(H2,26,27,28). The molecule has 3 fully saturated rings. The summed E-state index contributed by atoms with van der Waals surface area (Å²) in [6, 6.07) is 11.6. The summed E-state index contributed by atoms with van der Waals surface area (Å²) >= 11 is 0. The number of piperidine rings is 1. The number of ether oxygens (including phenoxy) is 1. The highest BCUT2D eigenvalue weighted by atomic mass is 16.5. The predicted octanol–water partition coefficient (Wildman–Crippen LogP) is 3.63. The van der Waals surface area contributed by atoms with Crippen molar-refractivity contribution in [3.63, 3.8) is 0 Å². The third kappa shape index (κ3) is 6.21. The number of aliphatic imine (C=N–C) groups is 1. The van der Waals surface area contributed by atoms with E-state index in [1.165, 1.54) is 70.1 Å². The molecule has 0 bridgehead atoms. The van der Waals surface area contributed by atoms with Gasteiger partial charge in [-0.15, -0.1) is 0 Å². The zero-order chi connectivity index (χ0) is 20.6. The molecule has 2 heterocycles. The van der Waals surface area contributed by atoms with E-state index in [-0.39, 0.29) is 0 Å². The lowest BCUT2D eigenvalue weighted by Gasteiger charge is -2.34. The minimum Gasteiger partial charge on any atom is -0.381 e. The molecule has 5 heteroatoms. The summed E-state index contributed by atoms with van der Waals surface area (Å²) in [5.74, 6) is 3.25. The number of nitrogens with one attached hydrogen (secondary N) is 2. The summed E-state index contributed by atoms with van der Waals surface area (Å²) in [5, 5.41) is 7.30. The first-order chi connectivity index (χ1) is 14.8. The molecule has 2 aliphatic heterocycles. The first-order valence-electron chi connectivity index (χ1n) is 12.1. The van der Waals surface area contributed by atoms with Gasteiger partial charge < -0.3 is 20.3 Å². The van der Waals surface area contributed by atoms with E-state index in [9.17, 15) is 0 Å². The van der Waals surface area contributed by atoms with Crippen molar-refractivity contribution in [2.24, 2.45) is 16.8 Å². The van der Waals surface area contributed by atoms with E-state index in [4.69, 9.17) is 4.74 Å². The van der Waals surface area contributed by atoms with Gasteiger partial charge >= 0.3 is 0 Å². The van der Waals surface area contributed by atoms with Crippen molar-refractivity contribution in [1.82, 2.24) is 15.5 Å². The molecule has 1 unspecified atom stereocenters. The Morgan fingerprint density at radius 1 is 1.00 bits per heavy atom. The molecule has 1 aromatic rings. The molecular weight excluding hydrogens is 372 g/mol. The molecule has 1 aliphatic carbocycles. The second-order valence-electron chi connectivity index (χ2n) is 9.53. The summed E-state index contributed by atoms with van der Waals surface area (Å²) in [4.78, 5) is 7.12. The molecule has 0 amide bonds. The predicted molar refractivity (Wildman–Crippen MR) is 124 cm³/mol. The molecule has 166 valence electrons. The summed E-state index contributed by atoms with van der Waals surface area (Å²) in [5.41, 5.74) is 1.52. The number of nitrogens with zero attached hydrogens (tertiary/aromatic N) is 2. The van der Waals surface area contributed by atoms with E-state index in [0.29, 0.717) is 6.04 Å². The molecule has 2 saturated heterocycles. The van der Waals surface area contributed by atoms with Gasteiger partial charge in [0.15, 0.2) is 5.96 Å². The van der Waals surface area contributed by atoms with Crippen molar-refractivity contribution < 1.29 is 4.74 Å². The highest BCUT2D eigenvalue weighted by Crippen LogP contribution is 2.35. The average Bonchev–Trinajstić information content (AvgIpc) is 3.32. The summed E-state index contributed by atoms with van der Waals surface area (Å²) in [6.45, 7) is 6.55. The number of guanidine groups is 1. The van der Waals surface area contributed by atoms with E-state index in [1.807, 2.05) is 7.05 Å². The van der Waals surface area contributed by atoms with Crippen LogP contribution in [0.2, 0.25) is 0 Å². The van der Waals surface area contributed by atoms with Crippen molar-refractivity contribution in [3.8, 4) is 0 Å². The maximum atomic E-state index is 5.53. The Bertz CT molecular complexity index is 642. The van der Waals surface area contributed by atoms with Gasteiger partial charge in [-0.25, -0.2) is 0 Å². The van der Waals surface area contributed by atoms with Crippen LogP contribution in [-0.2, 0) is 4.74 Å². The molecule has 0 spiro atoms. The fraction of sp³-hybridized carbons (Fsp3) is 0.720. The number of likely N-dealkylation sites (tertiary alicyclic amines) is 1. The van der Waals surface area contributed by atoms with Crippen LogP contribution in [0.4, 0.5) is 0 Å². The summed E-state index contributed by atoms with van der Waals surface area (Å²) in [7, 11) is 1.90. The monoisotopic (exact) mass is 412 g/mol. The lowest BCUT2D eigenvalue weighted by molar-refractivity contribution is 0.150. The second kappa shape index (κ2) is 11.1. The minimum absolute atomic E-state index is 0.543. The lowest BCUT2D eigenvalue weighted by Crippen LogP contribution is -2.50. The zero-order valence-electron chi connectivity index (χ0n) is 18.7. The van der Waals surface area contributed by atoms with Gasteiger partial charge in [-0.05, 0) is 68.3 Å². The van der Waals surface area contributed by atoms with E-state index in [2.05, 4.69) is 50.9 Å². The van der Waals surface area contributed by atoms with Crippen LogP contribution in [0.25, 0.3) is 0 Å². The molecule has 1 atom stereocenters. The molecule has 2 N–H and O–H groups in total. The third-order valence-electron chi connectivity index (χ3n) is 7.37. The Balaban J connectivity index is 1.13. The highest BCUT2D eigenvalue weighted by Gasteiger charge is 2.25. The summed E-state index contributed by atoms with van der Waals surface area (Å²) in [6.07, 6.45) is 8.90. The first kappa shape index (κ1) is 21.6. The molecule has 4 rings (SSSR count). The van der Waals surface area contributed by atoms with Gasteiger partial charge in [0.05, 0.1) is 6.61 Å². The average molecular weight is 413 g/mol.